The van der Waals surface area contributed by atoms with Crippen LogP contribution in [0.25, 0.3) is 0 Å². The molecule has 0 spiro atoms. The minimum absolute atomic E-state index is 0.676. The minimum atomic E-state index is 0.676. The van der Waals surface area contributed by atoms with Crippen molar-refractivity contribution in [1.82, 2.24) is 15.1 Å². The summed E-state index contributed by atoms with van der Waals surface area (Å²) in [5, 5.41) is 3.47. The van der Waals surface area contributed by atoms with E-state index >= 15 is 0 Å². The Hall–Kier alpha value is -0.120. The summed E-state index contributed by atoms with van der Waals surface area (Å²) in [6.07, 6.45) is 2.62. The SMILES string of the molecule is CCNC(C)CCCN1CCN(C)C(C)C1. The lowest BCUT2D eigenvalue weighted by atomic mass is 10.1. The van der Waals surface area contributed by atoms with Crippen molar-refractivity contribution >= 4 is 0 Å². The lowest BCUT2D eigenvalue weighted by Crippen LogP contribution is -2.50. The molecule has 1 aliphatic heterocycles. The van der Waals surface area contributed by atoms with Crippen molar-refractivity contribution in [3.63, 3.8) is 0 Å². The van der Waals surface area contributed by atoms with Gasteiger partial charge in [-0.05, 0) is 46.8 Å². The fourth-order valence-corrected chi connectivity index (χ4v) is 2.40. The Kier molecular flexibility index (Phi) is 6.32. The third kappa shape index (κ3) is 4.81. The predicted octanol–water partition coefficient (Wildman–Crippen LogP) is 1.40. The molecular formula is C13H29N3. The van der Waals surface area contributed by atoms with Gasteiger partial charge in [-0.1, -0.05) is 6.92 Å². The normalized spacial score (nSPS) is 25.9. The summed E-state index contributed by atoms with van der Waals surface area (Å²) in [4.78, 5) is 5.07. The molecule has 0 aromatic rings. The van der Waals surface area contributed by atoms with Gasteiger partial charge in [-0.2, -0.15) is 0 Å². The van der Waals surface area contributed by atoms with Gasteiger partial charge in [-0.25, -0.2) is 0 Å². The number of nitrogens with one attached hydrogen (secondary N) is 1. The van der Waals surface area contributed by atoms with E-state index in [1.54, 1.807) is 0 Å². The summed E-state index contributed by atoms with van der Waals surface area (Å²) in [5.41, 5.74) is 0. The maximum Gasteiger partial charge on any atom is 0.0192 e. The zero-order chi connectivity index (χ0) is 12.0. The molecule has 2 unspecified atom stereocenters. The summed E-state index contributed by atoms with van der Waals surface area (Å²) in [6, 6.07) is 1.40. The van der Waals surface area contributed by atoms with Crippen molar-refractivity contribution in [1.29, 1.82) is 0 Å². The topological polar surface area (TPSA) is 18.5 Å². The maximum atomic E-state index is 3.47. The number of hydrogen-bond donors (Lipinski definition) is 1. The van der Waals surface area contributed by atoms with Crippen molar-refractivity contribution in [3.8, 4) is 0 Å². The zero-order valence-electron chi connectivity index (χ0n) is 11.5. The average molecular weight is 227 g/mol. The molecular weight excluding hydrogens is 198 g/mol. The smallest absolute Gasteiger partial charge is 0.0192 e. The summed E-state index contributed by atoms with van der Waals surface area (Å²) in [5.74, 6) is 0. The largest absolute Gasteiger partial charge is 0.315 e. The summed E-state index contributed by atoms with van der Waals surface area (Å²) in [6.45, 7) is 12.9. The molecule has 16 heavy (non-hydrogen) atoms. The van der Waals surface area contributed by atoms with Crippen LogP contribution in [0.2, 0.25) is 0 Å². The molecule has 3 heteroatoms. The fraction of sp³-hybridized carbons (Fsp3) is 1.00. The molecule has 96 valence electrons. The first-order valence-electron chi connectivity index (χ1n) is 6.79. The maximum absolute atomic E-state index is 3.47. The van der Waals surface area contributed by atoms with Gasteiger partial charge >= 0.3 is 0 Å². The van der Waals surface area contributed by atoms with Gasteiger partial charge in [0.25, 0.3) is 0 Å². The molecule has 0 saturated carbocycles. The lowest BCUT2D eigenvalue weighted by Gasteiger charge is -2.37. The van der Waals surface area contributed by atoms with Gasteiger partial charge in [0, 0.05) is 31.7 Å². The highest BCUT2D eigenvalue weighted by Gasteiger charge is 2.19. The van der Waals surface area contributed by atoms with Crippen LogP contribution < -0.4 is 5.32 Å². The Morgan fingerprint density at radius 2 is 2.12 bits per heavy atom. The van der Waals surface area contributed by atoms with Crippen molar-refractivity contribution in [2.75, 3.05) is 39.8 Å². The number of piperazine rings is 1. The quantitative estimate of drug-likeness (QED) is 0.740. The van der Waals surface area contributed by atoms with Crippen LogP contribution in [0.3, 0.4) is 0 Å². The first kappa shape index (κ1) is 13.9. The van der Waals surface area contributed by atoms with Crippen LogP contribution in [0.15, 0.2) is 0 Å². The van der Waals surface area contributed by atoms with Crippen LogP contribution in [0.5, 0.6) is 0 Å². The van der Waals surface area contributed by atoms with Gasteiger partial charge in [-0.3, -0.25) is 0 Å². The molecule has 0 aliphatic carbocycles. The van der Waals surface area contributed by atoms with Crippen LogP contribution in [0.4, 0.5) is 0 Å². The standard InChI is InChI=1S/C13H29N3/c1-5-14-12(2)7-6-8-16-10-9-15(4)13(3)11-16/h12-14H,5-11H2,1-4H3. The molecule has 1 aliphatic rings. The summed E-state index contributed by atoms with van der Waals surface area (Å²) >= 11 is 0. The predicted molar refractivity (Wildman–Crippen MR) is 70.9 cm³/mol. The first-order valence-corrected chi connectivity index (χ1v) is 6.79. The Morgan fingerprint density at radius 3 is 2.75 bits per heavy atom. The average Bonchev–Trinajstić information content (AvgIpc) is 2.24. The number of likely N-dealkylation sites (N-methyl/N-ethyl adjacent to an activating group) is 1. The molecule has 3 nitrogen and oxygen atoms in total. The molecule has 0 aromatic carbocycles. The molecule has 0 amide bonds. The highest BCUT2D eigenvalue weighted by atomic mass is 15.3. The van der Waals surface area contributed by atoms with Gasteiger partial charge in [0.05, 0.1) is 0 Å². The summed E-state index contributed by atoms with van der Waals surface area (Å²) < 4.78 is 0. The van der Waals surface area contributed by atoms with Crippen LogP contribution in [0.1, 0.15) is 33.6 Å². The first-order chi connectivity index (χ1) is 7.63. The van der Waals surface area contributed by atoms with Crippen molar-refractivity contribution in [2.24, 2.45) is 0 Å². The zero-order valence-corrected chi connectivity index (χ0v) is 11.5. The Labute approximate surface area is 101 Å². The molecule has 0 aromatic heterocycles. The Balaban J connectivity index is 2.09. The van der Waals surface area contributed by atoms with Gasteiger partial charge in [0.1, 0.15) is 0 Å². The van der Waals surface area contributed by atoms with Gasteiger partial charge < -0.3 is 15.1 Å². The van der Waals surface area contributed by atoms with Crippen LogP contribution in [0, 0.1) is 0 Å². The van der Waals surface area contributed by atoms with E-state index in [2.05, 4.69) is 42.9 Å². The number of hydrogen-bond acceptors (Lipinski definition) is 3. The highest BCUT2D eigenvalue weighted by molar-refractivity contribution is 4.76. The molecule has 2 atom stereocenters. The van der Waals surface area contributed by atoms with Crippen molar-refractivity contribution in [2.45, 2.75) is 45.7 Å². The number of rotatable bonds is 6. The highest BCUT2D eigenvalue weighted by Crippen LogP contribution is 2.08. The summed E-state index contributed by atoms with van der Waals surface area (Å²) in [7, 11) is 2.23. The van der Waals surface area contributed by atoms with E-state index in [9.17, 15) is 0 Å². The lowest BCUT2D eigenvalue weighted by molar-refractivity contribution is 0.103. The van der Waals surface area contributed by atoms with E-state index in [0.29, 0.717) is 6.04 Å². The molecule has 1 fully saturated rings. The molecule has 1 rings (SSSR count). The molecule has 0 bridgehead atoms. The van der Waals surface area contributed by atoms with Gasteiger partial charge in [0.2, 0.25) is 0 Å². The Bertz CT molecular complexity index is 184. The monoisotopic (exact) mass is 227 g/mol. The molecule has 1 N–H and O–H groups in total. The fourth-order valence-electron chi connectivity index (χ4n) is 2.40. The van der Waals surface area contributed by atoms with E-state index in [1.165, 1.54) is 39.0 Å². The van der Waals surface area contributed by atoms with E-state index in [0.717, 1.165) is 12.6 Å². The van der Waals surface area contributed by atoms with Crippen molar-refractivity contribution < 1.29 is 0 Å². The van der Waals surface area contributed by atoms with Crippen molar-refractivity contribution in [3.05, 3.63) is 0 Å². The second kappa shape index (κ2) is 7.25. The van der Waals surface area contributed by atoms with E-state index < -0.39 is 0 Å². The van der Waals surface area contributed by atoms with Gasteiger partial charge in [0.15, 0.2) is 0 Å². The van der Waals surface area contributed by atoms with Crippen LogP contribution in [-0.4, -0.2) is 61.7 Å². The third-order valence-electron chi connectivity index (χ3n) is 3.71. The van der Waals surface area contributed by atoms with Gasteiger partial charge in [-0.15, -0.1) is 0 Å². The second-order valence-electron chi connectivity index (χ2n) is 5.23. The van der Waals surface area contributed by atoms with Crippen LogP contribution >= 0.6 is 0 Å². The third-order valence-corrected chi connectivity index (χ3v) is 3.71. The minimum Gasteiger partial charge on any atom is -0.315 e. The molecule has 1 heterocycles. The van der Waals surface area contributed by atoms with E-state index in [4.69, 9.17) is 0 Å². The second-order valence-corrected chi connectivity index (χ2v) is 5.23. The molecule has 1 saturated heterocycles. The van der Waals surface area contributed by atoms with Crippen LogP contribution in [-0.2, 0) is 0 Å². The molecule has 0 radical (unpaired) electrons. The Morgan fingerprint density at radius 1 is 1.38 bits per heavy atom. The van der Waals surface area contributed by atoms with E-state index in [1.807, 2.05) is 0 Å². The van der Waals surface area contributed by atoms with E-state index in [-0.39, 0.29) is 0 Å². The number of nitrogens with zero attached hydrogens (tertiary/aromatic N) is 2.